The molecular formula is C17H14ClN5O5S. The van der Waals surface area contributed by atoms with Crippen LogP contribution in [-0.2, 0) is 10.0 Å². The van der Waals surface area contributed by atoms with Crippen LogP contribution in [0.3, 0.4) is 0 Å². The smallest absolute Gasteiger partial charge is 0.338 e. The van der Waals surface area contributed by atoms with Crippen molar-refractivity contribution in [3.8, 4) is 5.69 Å². The Bertz CT molecular complexity index is 1290. The van der Waals surface area contributed by atoms with Crippen LogP contribution in [0.5, 0.6) is 0 Å². The number of aromatic carboxylic acids is 1. The molecule has 2 aromatic carbocycles. The average molecular weight is 436 g/mol. The fourth-order valence-corrected chi connectivity index (χ4v) is 3.13. The molecule has 10 nitrogen and oxygen atoms in total. The molecule has 0 radical (unpaired) electrons. The molecule has 1 atom stereocenters. The number of aryl methyl sites for hydroxylation is 1. The molecule has 150 valence electrons. The quantitative estimate of drug-likeness (QED) is 0.442. The second kappa shape index (κ2) is 7.62. The van der Waals surface area contributed by atoms with Crippen molar-refractivity contribution >= 4 is 39.0 Å². The SMILES string of the molecule is Cc1[nH]n(-c2ccc(Cl)cc2)c(=O)c1N=Nc1ccc(S(=N)(=O)O)cc1C(=O)O. The lowest BCUT2D eigenvalue weighted by Gasteiger charge is -2.04. The second-order valence-corrected chi connectivity index (χ2v) is 7.87. The van der Waals surface area contributed by atoms with E-state index < -0.39 is 27.1 Å². The van der Waals surface area contributed by atoms with Gasteiger partial charge in [0.1, 0.15) is 5.69 Å². The number of aromatic nitrogens is 2. The summed E-state index contributed by atoms with van der Waals surface area (Å²) < 4.78 is 29.1. The van der Waals surface area contributed by atoms with E-state index in [1.165, 1.54) is 4.68 Å². The van der Waals surface area contributed by atoms with Gasteiger partial charge in [-0.1, -0.05) is 11.6 Å². The van der Waals surface area contributed by atoms with Crippen LogP contribution in [0.4, 0.5) is 11.4 Å². The van der Waals surface area contributed by atoms with Crippen LogP contribution >= 0.6 is 11.6 Å². The Morgan fingerprint density at radius 1 is 1.21 bits per heavy atom. The van der Waals surface area contributed by atoms with Crippen molar-refractivity contribution in [2.45, 2.75) is 11.8 Å². The minimum Gasteiger partial charge on any atom is -0.478 e. The highest BCUT2D eigenvalue weighted by Gasteiger charge is 2.16. The molecule has 0 aliphatic rings. The Labute approximate surface area is 169 Å². The number of rotatable bonds is 5. The van der Waals surface area contributed by atoms with E-state index >= 15 is 0 Å². The predicted octanol–water partition coefficient (Wildman–Crippen LogP) is 4.12. The minimum atomic E-state index is -4.09. The van der Waals surface area contributed by atoms with Crippen LogP contribution in [0.2, 0.25) is 5.02 Å². The molecular weight excluding hydrogens is 422 g/mol. The topological polar surface area (TPSA) is 161 Å². The van der Waals surface area contributed by atoms with E-state index in [0.717, 1.165) is 18.2 Å². The minimum absolute atomic E-state index is 0.0354. The highest BCUT2D eigenvalue weighted by molar-refractivity contribution is 7.86. The van der Waals surface area contributed by atoms with E-state index in [-0.39, 0.29) is 16.3 Å². The first-order valence-corrected chi connectivity index (χ1v) is 9.85. The number of halogens is 1. The summed E-state index contributed by atoms with van der Waals surface area (Å²) in [6, 6.07) is 9.63. The maximum absolute atomic E-state index is 12.6. The van der Waals surface area contributed by atoms with Gasteiger partial charge in [-0.25, -0.2) is 18.5 Å². The zero-order chi connectivity index (χ0) is 21.3. The van der Waals surface area contributed by atoms with Crippen LogP contribution in [-0.4, -0.2) is 29.6 Å². The van der Waals surface area contributed by atoms with Gasteiger partial charge in [-0.05, 0) is 49.4 Å². The highest BCUT2D eigenvalue weighted by atomic mass is 35.5. The largest absolute Gasteiger partial charge is 0.478 e. The zero-order valence-corrected chi connectivity index (χ0v) is 16.4. The van der Waals surface area contributed by atoms with Crippen molar-refractivity contribution in [3.63, 3.8) is 0 Å². The van der Waals surface area contributed by atoms with Gasteiger partial charge in [0.05, 0.1) is 21.8 Å². The number of azo groups is 1. The molecule has 4 N–H and O–H groups in total. The molecule has 0 spiro atoms. The fourth-order valence-electron chi connectivity index (χ4n) is 2.48. The first kappa shape index (κ1) is 20.5. The molecule has 0 aliphatic carbocycles. The van der Waals surface area contributed by atoms with E-state index in [1.807, 2.05) is 0 Å². The summed E-state index contributed by atoms with van der Waals surface area (Å²) in [5.41, 5.74) is -0.188. The van der Waals surface area contributed by atoms with Crippen LogP contribution in [0.15, 0.2) is 62.4 Å². The van der Waals surface area contributed by atoms with E-state index in [1.54, 1.807) is 31.2 Å². The maximum Gasteiger partial charge on any atom is 0.338 e. The maximum atomic E-state index is 12.6. The third kappa shape index (κ3) is 4.26. The van der Waals surface area contributed by atoms with Crippen molar-refractivity contribution in [1.29, 1.82) is 4.78 Å². The summed E-state index contributed by atoms with van der Waals surface area (Å²) in [5.74, 6) is -1.42. The number of carboxylic acid groups (broad SMARTS) is 1. The number of carboxylic acids is 1. The van der Waals surface area contributed by atoms with E-state index in [4.69, 9.17) is 16.4 Å². The number of H-pyrrole nitrogens is 1. The summed E-state index contributed by atoms with van der Waals surface area (Å²) >= 11 is 5.85. The van der Waals surface area contributed by atoms with Gasteiger partial charge in [-0.15, -0.1) is 10.2 Å². The fraction of sp³-hybridized carbons (Fsp3) is 0.0588. The van der Waals surface area contributed by atoms with Crippen molar-refractivity contribution in [2.24, 2.45) is 10.2 Å². The van der Waals surface area contributed by atoms with E-state index in [2.05, 4.69) is 15.3 Å². The molecule has 0 aliphatic heterocycles. The first-order valence-electron chi connectivity index (χ1n) is 7.96. The number of nitrogens with one attached hydrogen (secondary N) is 2. The Morgan fingerprint density at radius 2 is 1.86 bits per heavy atom. The molecule has 0 saturated carbocycles. The molecule has 0 fully saturated rings. The Morgan fingerprint density at radius 3 is 2.45 bits per heavy atom. The predicted molar refractivity (Wildman–Crippen MR) is 105 cm³/mol. The third-order valence-corrected chi connectivity index (χ3v) is 5.05. The Hall–Kier alpha value is -3.28. The number of nitrogens with zero attached hydrogens (tertiary/aromatic N) is 3. The summed E-state index contributed by atoms with van der Waals surface area (Å²) in [7, 11) is -4.09. The molecule has 0 amide bonds. The van der Waals surface area contributed by atoms with Crippen LogP contribution in [0, 0.1) is 11.7 Å². The van der Waals surface area contributed by atoms with Crippen LogP contribution in [0.25, 0.3) is 5.69 Å². The lowest BCUT2D eigenvalue weighted by Crippen LogP contribution is -2.13. The first-order chi connectivity index (χ1) is 13.6. The Balaban J connectivity index is 2.04. The van der Waals surface area contributed by atoms with Crippen LogP contribution < -0.4 is 5.56 Å². The van der Waals surface area contributed by atoms with Gasteiger partial charge in [0.15, 0.2) is 15.7 Å². The third-order valence-electron chi connectivity index (χ3n) is 3.90. The molecule has 1 heterocycles. The Kier molecular flexibility index (Phi) is 5.38. The van der Waals surface area contributed by atoms with Gasteiger partial charge >= 0.3 is 5.97 Å². The number of carbonyl (C=O) groups is 1. The number of hydrogen-bond donors (Lipinski definition) is 4. The van der Waals surface area contributed by atoms with Crippen molar-refractivity contribution in [2.75, 3.05) is 0 Å². The van der Waals surface area contributed by atoms with Gasteiger partial charge in [-0.2, -0.15) is 0 Å². The average Bonchev–Trinajstić information content (AvgIpc) is 2.93. The van der Waals surface area contributed by atoms with E-state index in [9.17, 15) is 23.5 Å². The summed E-state index contributed by atoms with van der Waals surface area (Å²) in [5, 5.41) is 20.4. The summed E-state index contributed by atoms with van der Waals surface area (Å²) in [4.78, 5) is 23.7. The van der Waals surface area contributed by atoms with Gasteiger partial charge < -0.3 is 5.11 Å². The molecule has 12 heteroatoms. The van der Waals surface area contributed by atoms with Gasteiger partial charge in [-0.3, -0.25) is 14.4 Å². The lowest BCUT2D eigenvalue weighted by molar-refractivity contribution is 0.0697. The lowest BCUT2D eigenvalue weighted by atomic mass is 10.2. The molecule has 3 aromatic rings. The number of aromatic amines is 1. The van der Waals surface area contributed by atoms with Crippen molar-refractivity contribution in [1.82, 2.24) is 9.78 Å². The highest BCUT2D eigenvalue weighted by Crippen LogP contribution is 2.26. The molecule has 29 heavy (non-hydrogen) atoms. The normalized spacial score (nSPS) is 13.5. The standard InChI is InChI=1S/C17H14ClN5O5S/c1-9-15(16(24)23(22-9)11-4-2-10(18)3-5-11)21-20-14-7-6-12(29(19,27)28)8-13(14)17(25)26/h2-8,22H,1H3,(H,25,26)(H2,19,27,28). The van der Waals surface area contributed by atoms with Gasteiger partial charge in [0, 0.05) is 5.02 Å². The zero-order valence-electron chi connectivity index (χ0n) is 14.8. The van der Waals surface area contributed by atoms with Crippen LogP contribution in [0.1, 0.15) is 16.1 Å². The van der Waals surface area contributed by atoms with Crippen molar-refractivity contribution in [3.05, 3.63) is 69.1 Å². The summed E-state index contributed by atoms with van der Waals surface area (Å²) in [6.07, 6.45) is 0. The molecule has 0 saturated heterocycles. The molecule has 1 unspecified atom stereocenters. The molecule has 3 rings (SSSR count). The number of hydrogen-bond acceptors (Lipinski definition) is 6. The number of benzene rings is 2. The monoisotopic (exact) mass is 435 g/mol. The van der Waals surface area contributed by atoms with Gasteiger partial charge in [0.2, 0.25) is 0 Å². The van der Waals surface area contributed by atoms with Crippen molar-refractivity contribution < 1.29 is 18.7 Å². The summed E-state index contributed by atoms with van der Waals surface area (Å²) in [6.45, 7) is 1.60. The second-order valence-electron chi connectivity index (χ2n) is 5.91. The van der Waals surface area contributed by atoms with E-state index in [0.29, 0.717) is 16.4 Å². The van der Waals surface area contributed by atoms with Gasteiger partial charge in [0.25, 0.3) is 5.56 Å². The molecule has 1 aromatic heterocycles. The molecule has 0 bridgehead atoms.